The van der Waals surface area contributed by atoms with E-state index in [0.717, 1.165) is 55.6 Å². The number of rotatable bonds is 12. The number of benzene rings is 4. The van der Waals surface area contributed by atoms with Gasteiger partial charge in [0.25, 0.3) is 0 Å². The fraction of sp³-hybridized carbons (Fsp3) is 0.146. The van der Waals surface area contributed by atoms with Gasteiger partial charge in [-0.1, -0.05) is 79.8 Å². The number of aryl methyl sites for hydroxylation is 1. The molecule has 7 nitrogen and oxygen atoms in total. The molecule has 0 aliphatic heterocycles. The maximum atomic E-state index is 12.2. The molecular formula is C48H42O7. The van der Waals surface area contributed by atoms with Crippen molar-refractivity contribution in [2.24, 2.45) is 0 Å². The summed E-state index contributed by atoms with van der Waals surface area (Å²) in [5.74, 6) is 12.2. The van der Waals surface area contributed by atoms with Crippen LogP contribution < -0.4 is 4.74 Å². The van der Waals surface area contributed by atoms with Crippen molar-refractivity contribution in [3.05, 3.63) is 172 Å². The number of hydrogen-bond donors (Lipinski definition) is 0. The van der Waals surface area contributed by atoms with E-state index in [1.165, 1.54) is 12.5 Å². The highest BCUT2D eigenvalue weighted by Gasteiger charge is 2.19. The van der Waals surface area contributed by atoms with Crippen LogP contribution in [0.3, 0.4) is 0 Å². The average molecular weight is 731 g/mol. The molecule has 0 atom stereocenters. The van der Waals surface area contributed by atoms with Gasteiger partial charge < -0.3 is 18.9 Å². The van der Waals surface area contributed by atoms with Crippen molar-refractivity contribution in [2.75, 3.05) is 13.7 Å². The Bertz CT molecular complexity index is 2300. The van der Waals surface area contributed by atoms with Crippen LogP contribution in [0.5, 0.6) is 5.75 Å². The average Bonchev–Trinajstić information content (AvgIpc) is 3.17. The molecule has 0 bridgehead atoms. The zero-order valence-corrected chi connectivity index (χ0v) is 31.7. The van der Waals surface area contributed by atoms with Crippen LogP contribution in [0.15, 0.2) is 128 Å². The van der Waals surface area contributed by atoms with E-state index >= 15 is 0 Å². The molecule has 4 rings (SSSR count). The summed E-state index contributed by atoms with van der Waals surface area (Å²) in [5, 5.41) is 0. The second-order valence-corrected chi connectivity index (χ2v) is 12.6. The number of carbonyl (C=O) groups excluding carboxylic acids is 3. The lowest BCUT2D eigenvalue weighted by Crippen LogP contribution is -2.10. The number of methoxy groups -OCH3 is 1. The van der Waals surface area contributed by atoms with E-state index in [9.17, 15) is 14.4 Å². The third kappa shape index (κ3) is 12.0. The Kier molecular flexibility index (Phi) is 14.5. The maximum absolute atomic E-state index is 12.2. The normalized spacial score (nSPS) is 10.4. The van der Waals surface area contributed by atoms with Crippen LogP contribution in [0, 0.1) is 30.6 Å². The third-order valence-corrected chi connectivity index (χ3v) is 7.97. The second-order valence-electron chi connectivity index (χ2n) is 12.6. The molecule has 276 valence electrons. The summed E-state index contributed by atoms with van der Waals surface area (Å²) >= 11 is 0. The van der Waals surface area contributed by atoms with Gasteiger partial charge in [-0.15, -0.1) is 0 Å². The molecule has 0 saturated heterocycles. The van der Waals surface area contributed by atoms with Crippen molar-refractivity contribution in [3.63, 3.8) is 0 Å². The van der Waals surface area contributed by atoms with Gasteiger partial charge in [0.05, 0.1) is 26.2 Å². The smallest absolute Gasteiger partial charge is 0.337 e. The van der Waals surface area contributed by atoms with E-state index in [4.69, 9.17) is 18.9 Å². The van der Waals surface area contributed by atoms with Crippen LogP contribution in [0.4, 0.5) is 0 Å². The fourth-order valence-electron chi connectivity index (χ4n) is 5.05. The quantitative estimate of drug-likeness (QED) is 0.0472. The largest absolute Gasteiger partial charge is 0.496 e. The molecule has 4 aromatic rings. The van der Waals surface area contributed by atoms with Gasteiger partial charge in [-0.2, -0.15) is 0 Å². The van der Waals surface area contributed by atoms with Crippen molar-refractivity contribution in [1.29, 1.82) is 0 Å². The van der Waals surface area contributed by atoms with Gasteiger partial charge >= 0.3 is 17.9 Å². The Labute approximate surface area is 323 Å². The topological polar surface area (TPSA) is 88.1 Å². The van der Waals surface area contributed by atoms with Crippen LogP contribution >= 0.6 is 0 Å². The van der Waals surface area contributed by atoms with E-state index < -0.39 is 17.9 Å². The number of ether oxygens (including phenoxy) is 4. The molecule has 0 aromatic heterocycles. The Balaban J connectivity index is 1.59. The molecule has 0 fully saturated rings. The molecule has 7 heteroatoms. The summed E-state index contributed by atoms with van der Waals surface area (Å²) < 4.78 is 21.6. The minimum atomic E-state index is -0.487. The molecule has 0 aliphatic rings. The van der Waals surface area contributed by atoms with Crippen molar-refractivity contribution in [2.45, 2.75) is 34.1 Å². The van der Waals surface area contributed by atoms with Gasteiger partial charge in [0.2, 0.25) is 0 Å². The van der Waals surface area contributed by atoms with E-state index in [1.807, 2.05) is 85.8 Å². The Morgan fingerprint density at radius 3 is 1.51 bits per heavy atom. The lowest BCUT2D eigenvalue weighted by molar-refractivity contribution is -0.139. The molecular weight excluding hydrogens is 689 g/mol. The highest BCUT2D eigenvalue weighted by atomic mass is 16.5. The maximum Gasteiger partial charge on any atom is 0.337 e. The fourth-order valence-corrected chi connectivity index (χ4v) is 5.05. The van der Waals surface area contributed by atoms with Crippen LogP contribution in [-0.4, -0.2) is 31.6 Å². The Morgan fingerprint density at radius 1 is 0.636 bits per heavy atom. The summed E-state index contributed by atoms with van der Waals surface area (Å²) in [4.78, 5) is 35.4. The molecule has 0 N–H and O–H groups in total. The summed E-state index contributed by atoms with van der Waals surface area (Å²) in [5.41, 5.74) is 9.45. The first-order valence-electron chi connectivity index (χ1n) is 17.3. The highest BCUT2D eigenvalue weighted by molar-refractivity contribution is 5.88. The monoisotopic (exact) mass is 730 g/mol. The Hall–Kier alpha value is -7.09. The molecule has 0 radical (unpaired) electrons. The third-order valence-electron chi connectivity index (χ3n) is 7.97. The molecule has 4 aromatic carbocycles. The highest BCUT2D eigenvalue weighted by Crippen LogP contribution is 2.38. The van der Waals surface area contributed by atoms with Gasteiger partial charge in [-0.3, -0.25) is 0 Å². The van der Waals surface area contributed by atoms with Crippen molar-refractivity contribution >= 4 is 30.1 Å². The second kappa shape index (κ2) is 19.7. The zero-order valence-electron chi connectivity index (χ0n) is 31.7. The number of esters is 3. The Morgan fingerprint density at radius 2 is 1.07 bits per heavy atom. The minimum absolute atomic E-state index is 0.116. The summed E-state index contributed by atoms with van der Waals surface area (Å²) in [6, 6.07) is 25.0. The minimum Gasteiger partial charge on any atom is -0.496 e. The van der Waals surface area contributed by atoms with Gasteiger partial charge in [-0.05, 0) is 105 Å². The van der Waals surface area contributed by atoms with E-state index in [0.29, 0.717) is 28.9 Å². The first-order chi connectivity index (χ1) is 26.4. The lowest BCUT2D eigenvalue weighted by atomic mass is 9.91. The van der Waals surface area contributed by atoms with E-state index in [2.05, 4.69) is 43.4 Å². The predicted octanol–water partition coefficient (Wildman–Crippen LogP) is 9.31. The molecule has 55 heavy (non-hydrogen) atoms. The van der Waals surface area contributed by atoms with Crippen molar-refractivity contribution in [1.82, 2.24) is 0 Å². The summed E-state index contributed by atoms with van der Waals surface area (Å²) in [6.45, 7) is 17.7. The first-order valence-corrected chi connectivity index (χ1v) is 17.3. The van der Waals surface area contributed by atoms with Crippen LogP contribution in [-0.2, 0) is 35.0 Å². The van der Waals surface area contributed by atoms with E-state index in [-0.39, 0.29) is 6.61 Å². The summed E-state index contributed by atoms with van der Waals surface area (Å²) in [6.07, 6.45) is 6.41. The van der Waals surface area contributed by atoms with E-state index in [1.54, 1.807) is 40.0 Å². The van der Waals surface area contributed by atoms with Crippen LogP contribution in [0.1, 0.15) is 65.3 Å². The van der Waals surface area contributed by atoms with Crippen molar-refractivity contribution < 1.29 is 33.3 Å². The van der Waals surface area contributed by atoms with Gasteiger partial charge in [0.15, 0.2) is 0 Å². The number of carbonyl (C=O) groups is 3. The molecule has 0 saturated carbocycles. The van der Waals surface area contributed by atoms with Crippen molar-refractivity contribution in [3.8, 4) is 40.6 Å². The summed E-state index contributed by atoms with van der Waals surface area (Å²) in [7, 11) is 1.62. The molecule has 0 unspecified atom stereocenters. The molecule has 0 aliphatic carbocycles. The van der Waals surface area contributed by atoms with Crippen LogP contribution in [0.2, 0.25) is 0 Å². The van der Waals surface area contributed by atoms with Gasteiger partial charge in [0.1, 0.15) is 5.75 Å². The molecule has 0 amide bonds. The number of hydrogen-bond acceptors (Lipinski definition) is 7. The lowest BCUT2D eigenvalue weighted by Gasteiger charge is -2.19. The first kappa shape index (κ1) is 40.7. The molecule has 0 spiro atoms. The zero-order chi connectivity index (χ0) is 39.9. The van der Waals surface area contributed by atoms with Gasteiger partial charge in [0, 0.05) is 56.5 Å². The standard InChI is InChI=1S/C48H42O7/c1-32(2)46(49)53-28-25-39-15-11-36(12-16-39)9-10-38-19-22-41(23-20-38)44-35(7)31-42(43(45(44)52-8)27-30-55-48(51)34(5)6)24-21-37-13-17-40(18-14-37)26-29-54-47(50)33(3)4/h11-20,22-23,25-26,28-29,31H,1,3,5,27,30H2,2,4,6-8H3. The van der Waals surface area contributed by atoms with Gasteiger partial charge in [-0.25, -0.2) is 14.4 Å². The van der Waals surface area contributed by atoms with Crippen LogP contribution in [0.25, 0.3) is 23.3 Å². The predicted molar refractivity (Wildman–Crippen MR) is 217 cm³/mol. The molecule has 0 heterocycles. The SMILES string of the molecule is C=C(C)C(=O)OC=Cc1ccc(C#Cc2ccc(-c3c(C)cc(C#Cc4ccc(C=COC(=O)C(=C)C)cc4)c(CCOC(=O)C(=C)C)c3OC)cc2)cc1.